The summed E-state index contributed by atoms with van der Waals surface area (Å²) in [6.45, 7) is -0.0869. The maximum absolute atomic E-state index is 11.3. The fraction of sp³-hybridized carbons (Fsp3) is 0.222. The van der Waals surface area contributed by atoms with E-state index in [2.05, 4.69) is 0 Å². The molecule has 1 aliphatic heterocycles. The third kappa shape index (κ3) is 1.18. The minimum atomic E-state index is -0.333. The van der Waals surface area contributed by atoms with E-state index in [1.807, 2.05) is 0 Å². The SMILES string of the molecule is NCC(=O)c1ccc2c(c1O)OCO2. The van der Waals surface area contributed by atoms with Crippen molar-refractivity contribution in [3.05, 3.63) is 17.7 Å². The van der Waals surface area contributed by atoms with E-state index in [4.69, 9.17) is 15.2 Å². The first-order valence-corrected chi connectivity index (χ1v) is 4.09. The lowest BCUT2D eigenvalue weighted by atomic mass is 10.1. The Hall–Kier alpha value is -1.75. The number of carbonyl (C=O) groups excluding carboxylic acids is 1. The van der Waals surface area contributed by atoms with Crippen LogP contribution in [0, 0.1) is 0 Å². The molecule has 0 fully saturated rings. The van der Waals surface area contributed by atoms with Crippen LogP contribution < -0.4 is 15.2 Å². The summed E-state index contributed by atoms with van der Waals surface area (Å²) in [6, 6.07) is 3.04. The van der Waals surface area contributed by atoms with Gasteiger partial charge in [0.15, 0.2) is 17.3 Å². The van der Waals surface area contributed by atoms with Gasteiger partial charge in [-0.2, -0.15) is 0 Å². The van der Waals surface area contributed by atoms with Crippen LogP contribution in [0.15, 0.2) is 12.1 Å². The Morgan fingerprint density at radius 3 is 3.00 bits per heavy atom. The topological polar surface area (TPSA) is 81.8 Å². The number of phenolic OH excluding ortho intramolecular Hbond substituents is 1. The van der Waals surface area contributed by atoms with E-state index >= 15 is 0 Å². The van der Waals surface area contributed by atoms with Crippen molar-refractivity contribution in [1.82, 2.24) is 0 Å². The van der Waals surface area contributed by atoms with Crippen molar-refractivity contribution < 1.29 is 19.4 Å². The number of hydrogen-bond donors (Lipinski definition) is 2. The van der Waals surface area contributed by atoms with Crippen LogP contribution in [0.5, 0.6) is 17.2 Å². The monoisotopic (exact) mass is 195 g/mol. The van der Waals surface area contributed by atoms with Crippen molar-refractivity contribution in [2.45, 2.75) is 0 Å². The molecule has 0 spiro atoms. The maximum Gasteiger partial charge on any atom is 0.231 e. The lowest BCUT2D eigenvalue weighted by Crippen LogP contribution is -2.13. The molecule has 0 aromatic heterocycles. The molecule has 0 bridgehead atoms. The van der Waals surface area contributed by atoms with Crippen LogP contribution in [0.1, 0.15) is 10.4 Å². The highest BCUT2D eigenvalue weighted by atomic mass is 16.7. The summed E-state index contributed by atoms with van der Waals surface area (Å²) < 4.78 is 10.0. The standard InChI is InChI=1S/C9H9NO4/c10-3-6(11)5-1-2-7-9(8(5)12)14-4-13-7/h1-2,12H,3-4,10H2. The number of fused-ring (bicyclic) bond motifs is 1. The first-order valence-electron chi connectivity index (χ1n) is 4.09. The molecule has 0 aliphatic carbocycles. The smallest absolute Gasteiger partial charge is 0.231 e. The normalized spacial score (nSPS) is 12.9. The summed E-state index contributed by atoms with van der Waals surface area (Å²) in [7, 11) is 0. The van der Waals surface area contributed by atoms with Gasteiger partial charge in [-0.25, -0.2) is 0 Å². The fourth-order valence-corrected chi connectivity index (χ4v) is 1.29. The molecule has 1 aromatic rings. The van der Waals surface area contributed by atoms with E-state index in [1.165, 1.54) is 6.07 Å². The number of ketones is 1. The van der Waals surface area contributed by atoms with E-state index in [0.717, 1.165) is 0 Å². The van der Waals surface area contributed by atoms with Crippen LogP contribution >= 0.6 is 0 Å². The summed E-state index contributed by atoms with van der Waals surface area (Å²) in [5.41, 5.74) is 5.35. The minimum Gasteiger partial charge on any atom is -0.504 e. The second-order valence-electron chi connectivity index (χ2n) is 2.82. The Morgan fingerprint density at radius 1 is 1.50 bits per heavy atom. The summed E-state index contributed by atoms with van der Waals surface area (Å²) in [4.78, 5) is 11.3. The van der Waals surface area contributed by atoms with Gasteiger partial charge in [0.05, 0.1) is 12.1 Å². The predicted octanol–water partition coefficient (Wildman–Crippen LogP) is 0.262. The Morgan fingerprint density at radius 2 is 2.29 bits per heavy atom. The van der Waals surface area contributed by atoms with Crippen LogP contribution in [0.2, 0.25) is 0 Å². The van der Waals surface area contributed by atoms with Gasteiger partial charge < -0.3 is 20.3 Å². The molecule has 5 heteroatoms. The molecule has 14 heavy (non-hydrogen) atoms. The number of Topliss-reactive ketones (excluding diaryl/α,β-unsaturated/α-hetero) is 1. The molecule has 0 atom stereocenters. The van der Waals surface area contributed by atoms with Crippen molar-refractivity contribution in [3.8, 4) is 17.2 Å². The molecule has 0 radical (unpaired) electrons. The first kappa shape index (κ1) is 8.83. The number of carbonyl (C=O) groups is 1. The molecule has 74 valence electrons. The molecule has 0 saturated heterocycles. The largest absolute Gasteiger partial charge is 0.504 e. The maximum atomic E-state index is 11.3. The van der Waals surface area contributed by atoms with Gasteiger partial charge >= 0.3 is 0 Å². The molecular formula is C9H9NO4. The second kappa shape index (κ2) is 3.19. The lowest BCUT2D eigenvalue weighted by Gasteiger charge is -2.04. The van der Waals surface area contributed by atoms with Gasteiger partial charge in [-0.05, 0) is 12.1 Å². The zero-order valence-corrected chi connectivity index (χ0v) is 7.32. The molecule has 5 nitrogen and oxygen atoms in total. The van der Waals surface area contributed by atoms with Crippen LogP contribution in [-0.4, -0.2) is 24.2 Å². The Balaban J connectivity index is 2.50. The Kier molecular flexibility index (Phi) is 2.01. The van der Waals surface area contributed by atoms with Crippen molar-refractivity contribution in [2.24, 2.45) is 5.73 Å². The van der Waals surface area contributed by atoms with Crippen LogP contribution in [-0.2, 0) is 0 Å². The van der Waals surface area contributed by atoms with Crippen molar-refractivity contribution in [2.75, 3.05) is 13.3 Å². The average Bonchev–Trinajstić information content (AvgIpc) is 2.66. The first-order chi connectivity index (χ1) is 6.74. The molecule has 1 aromatic carbocycles. The number of ether oxygens (including phenoxy) is 2. The fourth-order valence-electron chi connectivity index (χ4n) is 1.29. The van der Waals surface area contributed by atoms with Gasteiger partial charge in [-0.3, -0.25) is 4.79 Å². The number of rotatable bonds is 2. The van der Waals surface area contributed by atoms with Crippen LogP contribution in [0.3, 0.4) is 0 Å². The van der Waals surface area contributed by atoms with Gasteiger partial charge in [0.1, 0.15) is 0 Å². The van der Waals surface area contributed by atoms with E-state index in [0.29, 0.717) is 5.75 Å². The van der Waals surface area contributed by atoms with Crippen molar-refractivity contribution in [1.29, 1.82) is 0 Å². The molecule has 3 N–H and O–H groups in total. The number of aromatic hydroxyl groups is 1. The van der Waals surface area contributed by atoms with Gasteiger partial charge in [-0.15, -0.1) is 0 Å². The molecular weight excluding hydrogens is 186 g/mol. The van der Waals surface area contributed by atoms with Gasteiger partial charge in [0.25, 0.3) is 0 Å². The Labute approximate surface area is 80.0 Å². The van der Waals surface area contributed by atoms with Crippen molar-refractivity contribution in [3.63, 3.8) is 0 Å². The van der Waals surface area contributed by atoms with Gasteiger partial charge in [0, 0.05) is 0 Å². The number of benzene rings is 1. The number of hydrogen-bond acceptors (Lipinski definition) is 5. The quantitative estimate of drug-likeness (QED) is 0.661. The lowest BCUT2D eigenvalue weighted by molar-refractivity contribution is 0.0998. The zero-order chi connectivity index (χ0) is 10.1. The highest BCUT2D eigenvalue weighted by molar-refractivity contribution is 6.01. The summed E-state index contributed by atoms with van der Waals surface area (Å²) in [5, 5.41) is 9.63. The van der Waals surface area contributed by atoms with E-state index in [9.17, 15) is 9.90 Å². The Bertz CT molecular complexity index is 389. The average molecular weight is 195 g/mol. The number of nitrogens with two attached hydrogens (primary N) is 1. The van der Waals surface area contributed by atoms with Crippen LogP contribution in [0.25, 0.3) is 0 Å². The summed E-state index contributed by atoms with van der Waals surface area (Å²) in [6.07, 6.45) is 0. The van der Waals surface area contributed by atoms with E-state index in [-0.39, 0.29) is 36.2 Å². The third-order valence-electron chi connectivity index (χ3n) is 2.00. The molecule has 0 amide bonds. The third-order valence-corrected chi connectivity index (χ3v) is 2.00. The summed E-state index contributed by atoms with van der Waals surface area (Å²) >= 11 is 0. The number of phenols is 1. The summed E-state index contributed by atoms with van der Waals surface area (Å²) in [5.74, 6) is 0.122. The highest BCUT2D eigenvalue weighted by Crippen LogP contribution is 2.42. The molecule has 1 aliphatic rings. The van der Waals surface area contributed by atoms with Gasteiger partial charge in [0.2, 0.25) is 12.5 Å². The second-order valence-corrected chi connectivity index (χ2v) is 2.82. The zero-order valence-electron chi connectivity index (χ0n) is 7.32. The molecule has 0 unspecified atom stereocenters. The highest BCUT2D eigenvalue weighted by Gasteiger charge is 2.22. The molecule has 2 rings (SSSR count). The van der Waals surface area contributed by atoms with E-state index in [1.54, 1.807) is 6.07 Å². The predicted molar refractivity (Wildman–Crippen MR) is 47.6 cm³/mol. The molecule has 0 saturated carbocycles. The molecule has 1 heterocycles. The van der Waals surface area contributed by atoms with Crippen LogP contribution in [0.4, 0.5) is 0 Å². The van der Waals surface area contributed by atoms with E-state index < -0.39 is 0 Å². The minimum absolute atomic E-state index is 0.0587. The van der Waals surface area contributed by atoms with Crippen molar-refractivity contribution >= 4 is 5.78 Å². The van der Waals surface area contributed by atoms with Gasteiger partial charge in [-0.1, -0.05) is 0 Å².